The summed E-state index contributed by atoms with van der Waals surface area (Å²) in [6, 6.07) is 0. The van der Waals surface area contributed by atoms with Crippen molar-refractivity contribution in [3.05, 3.63) is 12.2 Å². The molecular formula is C14H20INO5. The van der Waals surface area contributed by atoms with Crippen LogP contribution in [0.25, 0.3) is 0 Å². The van der Waals surface area contributed by atoms with Gasteiger partial charge >= 0.3 is 12.1 Å². The fourth-order valence-corrected chi connectivity index (χ4v) is 2.66. The molecule has 0 saturated carbocycles. The van der Waals surface area contributed by atoms with Gasteiger partial charge in [-0.05, 0) is 40.7 Å². The van der Waals surface area contributed by atoms with Crippen LogP contribution in [0.15, 0.2) is 12.2 Å². The summed E-state index contributed by atoms with van der Waals surface area (Å²) >= 11 is 1.95. The van der Waals surface area contributed by atoms with Gasteiger partial charge in [-0.1, -0.05) is 22.6 Å². The molecule has 0 aliphatic carbocycles. The van der Waals surface area contributed by atoms with Crippen LogP contribution in [-0.2, 0) is 19.1 Å². The molecule has 0 fully saturated rings. The van der Waals surface area contributed by atoms with Gasteiger partial charge in [0.2, 0.25) is 0 Å². The van der Waals surface area contributed by atoms with Gasteiger partial charge in [0.25, 0.3) is 5.91 Å². The number of alkyl halides is 1. The Morgan fingerprint density at radius 3 is 2.38 bits per heavy atom. The fourth-order valence-electron chi connectivity index (χ4n) is 1.75. The normalized spacial score (nSPS) is 21.9. The summed E-state index contributed by atoms with van der Waals surface area (Å²) in [5.74, 6) is -1.22. The van der Waals surface area contributed by atoms with E-state index in [1.54, 1.807) is 34.6 Å². The van der Waals surface area contributed by atoms with Gasteiger partial charge in [0.15, 0.2) is 5.54 Å². The third kappa shape index (κ3) is 3.96. The van der Waals surface area contributed by atoms with Crippen LogP contribution in [-0.4, -0.2) is 44.5 Å². The molecule has 0 N–H and O–H groups in total. The van der Waals surface area contributed by atoms with E-state index in [9.17, 15) is 14.4 Å². The molecule has 7 heteroatoms. The summed E-state index contributed by atoms with van der Waals surface area (Å²) in [6.07, 6.45) is 1.40. The van der Waals surface area contributed by atoms with Crippen molar-refractivity contribution in [3.63, 3.8) is 0 Å². The lowest BCUT2D eigenvalue weighted by molar-refractivity contribution is -0.159. The molecule has 1 heterocycles. The van der Waals surface area contributed by atoms with Crippen LogP contribution in [0.4, 0.5) is 4.79 Å². The quantitative estimate of drug-likeness (QED) is 0.407. The van der Waals surface area contributed by atoms with Gasteiger partial charge in [0, 0.05) is 10.5 Å². The first kappa shape index (κ1) is 17.9. The number of rotatable bonds is 3. The molecule has 0 spiro atoms. The van der Waals surface area contributed by atoms with Gasteiger partial charge in [-0.15, -0.1) is 0 Å². The zero-order chi connectivity index (χ0) is 16.4. The van der Waals surface area contributed by atoms with Gasteiger partial charge in [-0.2, -0.15) is 0 Å². The lowest BCUT2D eigenvalue weighted by Gasteiger charge is -2.34. The number of hydrogen-bond donors (Lipinski definition) is 0. The van der Waals surface area contributed by atoms with E-state index in [-0.39, 0.29) is 10.5 Å². The molecular weight excluding hydrogens is 389 g/mol. The van der Waals surface area contributed by atoms with Crippen LogP contribution in [0, 0.1) is 0 Å². The first-order valence-corrected chi connectivity index (χ1v) is 8.09. The molecule has 1 aliphatic heterocycles. The molecule has 0 aromatic heterocycles. The van der Waals surface area contributed by atoms with E-state index in [0.29, 0.717) is 0 Å². The van der Waals surface area contributed by atoms with Crippen molar-refractivity contribution in [1.29, 1.82) is 0 Å². The second kappa shape index (κ2) is 6.33. The van der Waals surface area contributed by atoms with Gasteiger partial charge in [-0.25, -0.2) is 14.5 Å². The zero-order valence-corrected chi connectivity index (χ0v) is 15.0. The molecule has 0 radical (unpaired) electrons. The van der Waals surface area contributed by atoms with Crippen molar-refractivity contribution in [2.75, 3.05) is 4.43 Å². The Hall–Kier alpha value is -1.12. The molecule has 1 atom stereocenters. The monoisotopic (exact) mass is 409 g/mol. The van der Waals surface area contributed by atoms with Crippen LogP contribution < -0.4 is 0 Å². The van der Waals surface area contributed by atoms with E-state index in [1.165, 1.54) is 12.2 Å². The summed E-state index contributed by atoms with van der Waals surface area (Å²) in [5, 5.41) is 0. The molecule has 6 nitrogen and oxygen atoms in total. The number of hydrogen-bond acceptors (Lipinski definition) is 5. The minimum absolute atomic E-state index is 0.192. The number of nitrogens with zero attached hydrogens (tertiary/aromatic N) is 1. The second-order valence-corrected chi connectivity index (χ2v) is 6.76. The van der Waals surface area contributed by atoms with Crippen molar-refractivity contribution in [1.82, 2.24) is 4.90 Å². The molecule has 0 bridgehead atoms. The Morgan fingerprint density at radius 1 is 1.38 bits per heavy atom. The van der Waals surface area contributed by atoms with Crippen molar-refractivity contribution in [3.8, 4) is 0 Å². The van der Waals surface area contributed by atoms with E-state index in [4.69, 9.17) is 9.47 Å². The Bertz CT molecular complexity index is 480. The van der Waals surface area contributed by atoms with E-state index >= 15 is 0 Å². The predicted octanol–water partition coefficient (Wildman–Crippen LogP) is 2.45. The third-order valence-electron chi connectivity index (χ3n) is 2.60. The average molecular weight is 409 g/mol. The highest BCUT2D eigenvalue weighted by atomic mass is 127. The van der Waals surface area contributed by atoms with Gasteiger partial charge in [0.05, 0.1) is 6.10 Å². The van der Waals surface area contributed by atoms with Crippen LogP contribution in [0.1, 0.15) is 34.6 Å². The number of imide groups is 1. The van der Waals surface area contributed by atoms with Crippen molar-refractivity contribution in [2.24, 2.45) is 0 Å². The highest BCUT2D eigenvalue weighted by molar-refractivity contribution is 14.1. The summed E-state index contributed by atoms with van der Waals surface area (Å²) in [6.45, 7) is 8.49. The topological polar surface area (TPSA) is 72.9 Å². The second-order valence-electron chi connectivity index (χ2n) is 6.00. The number of halogens is 1. The first-order chi connectivity index (χ1) is 9.53. The van der Waals surface area contributed by atoms with Crippen LogP contribution >= 0.6 is 22.6 Å². The minimum atomic E-state index is -1.44. The summed E-state index contributed by atoms with van der Waals surface area (Å²) in [5.41, 5.74) is -2.21. The van der Waals surface area contributed by atoms with Gasteiger partial charge in [-0.3, -0.25) is 4.79 Å². The smallest absolute Gasteiger partial charge is 0.418 e. The minimum Gasteiger partial charge on any atom is -0.461 e. The molecule has 21 heavy (non-hydrogen) atoms. The van der Waals surface area contributed by atoms with Crippen LogP contribution in [0.2, 0.25) is 0 Å². The van der Waals surface area contributed by atoms with Crippen molar-refractivity contribution >= 4 is 40.6 Å². The van der Waals surface area contributed by atoms with Gasteiger partial charge in [0.1, 0.15) is 5.60 Å². The van der Waals surface area contributed by atoms with Crippen molar-refractivity contribution < 1.29 is 23.9 Å². The Labute approximate surface area is 138 Å². The predicted molar refractivity (Wildman–Crippen MR) is 85.1 cm³/mol. The highest BCUT2D eigenvalue weighted by Crippen LogP contribution is 2.30. The molecule has 1 rings (SSSR count). The average Bonchev–Trinajstić information content (AvgIpc) is 2.64. The maximum absolute atomic E-state index is 12.4. The third-order valence-corrected chi connectivity index (χ3v) is 3.76. The Morgan fingerprint density at radius 2 is 1.95 bits per heavy atom. The van der Waals surface area contributed by atoms with E-state index in [2.05, 4.69) is 0 Å². The molecule has 0 saturated heterocycles. The zero-order valence-electron chi connectivity index (χ0n) is 12.8. The fraction of sp³-hybridized carbons (Fsp3) is 0.643. The largest absolute Gasteiger partial charge is 0.461 e. The van der Waals surface area contributed by atoms with E-state index in [1.807, 2.05) is 22.6 Å². The van der Waals surface area contributed by atoms with E-state index in [0.717, 1.165) is 4.90 Å². The SMILES string of the molecule is CC(C)OC(=O)C1(CI)C=CC(=O)N1C(=O)OC(C)(C)C. The Kier molecular flexibility index (Phi) is 5.40. The van der Waals surface area contributed by atoms with Crippen LogP contribution in [0.3, 0.4) is 0 Å². The lowest BCUT2D eigenvalue weighted by atomic mass is 10.0. The molecule has 1 unspecified atom stereocenters. The lowest BCUT2D eigenvalue weighted by Crippen LogP contribution is -2.58. The van der Waals surface area contributed by atoms with Crippen LogP contribution in [0.5, 0.6) is 0 Å². The molecule has 1 aliphatic rings. The summed E-state index contributed by atoms with van der Waals surface area (Å²) in [7, 11) is 0. The molecule has 0 aromatic rings. The Balaban J connectivity index is 3.12. The number of carbonyl (C=O) groups is 3. The van der Waals surface area contributed by atoms with E-state index < -0.39 is 29.1 Å². The molecule has 0 aromatic carbocycles. The highest BCUT2D eigenvalue weighted by Gasteiger charge is 2.53. The number of ether oxygens (including phenoxy) is 2. The standard InChI is InChI=1S/C14H20INO5/c1-9(2)20-11(18)14(8-15)7-6-10(17)16(14)12(19)21-13(3,4)5/h6-7,9H,8H2,1-5H3. The summed E-state index contributed by atoms with van der Waals surface area (Å²) in [4.78, 5) is 37.4. The van der Waals surface area contributed by atoms with Gasteiger partial charge < -0.3 is 9.47 Å². The maximum Gasteiger partial charge on any atom is 0.418 e. The number of carbonyl (C=O) groups excluding carboxylic acids is 3. The summed E-state index contributed by atoms with van der Waals surface area (Å²) < 4.78 is 10.6. The molecule has 118 valence electrons. The van der Waals surface area contributed by atoms with Crippen molar-refractivity contribution in [2.45, 2.75) is 51.9 Å². The number of amides is 2. The number of esters is 1. The first-order valence-electron chi connectivity index (χ1n) is 6.57. The molecule has 2 amide bonds. The maximum atomic E-state index is 12.4.